The normalized spacial score (nSPS) is 11.9. The van der Waals surface area contributed by atoms with Crippen molar-refractivity contribution >= 4 is 11.7 Å². The van der Waals surface area contributed by atoms with E-state index in [1.807, 2.05) is 0 Å². The van der Waals surface area contributed by atoms with Crippen molar-refractivity contribution in [3.8, 4) is 0 Å². The van der Waals surface area contributed by atoms with Gasteiger partial charge in [-0.05, 0) is 19.4 Å². The molecule has 1 aromatic carbocycles. The standard InChI is InChI=1S/C11H13NO4/c1-3-16-11(13)8(2)9-4-6-10(7-5-9)12(14)15/h4-8H,3H2,1-2H3. The van der Waals surface area contributed by atoms with Gasteiger partial charge in [-0.15, -0.1) is 0 Å². The first-order valence-electron chi connectivity index (χ1n) is 4.97. The van der Waals surface area contributed by atoms with Gasteiger partial charge < -0.3 is 4.74 Å². The maximum atomic E-state index is 11.4. The number of nitro groups is 1. The number of hydrogen-bond acceptors (Lipinski definition) is 4. The van der Waals surface area contributed by atoms with Crippen LogP contribution in [0.5, 0.6) is 0 Å². The maximum Gasteiger partial charge on any atom is 0.313 e. The van der Waals surface area contributed by atoms with Crippen LogP contribution in [0.15, 0.2) is 24.3 Å². The number of hydrogen-bond donors (Lipinski definition) is 0. The van der Waals surface area contributed by atoms with Crippen molar-refractivity contribution < 1.29 is 14.5 Å². The Labute approximate surface area is 93.2 Å². The third-order valence-corrected chi connectivity index (χ3v) is 2.24. The third-order valence-electron chi connectivity index (χ3n) is 2.24. The molecule has 0 aliphatic carbocycles. The molecule has 1 aromatic rings. The molecule has 0 saturated heterocycles. The number of non-ortho nitro benzene ring substituents is 1. The molecule has 16 heavy (non-hydrogen) atoms. The molecule has 1 rings (SSSR count). The molecule has 0 saturated carbocycles. The van der Waals surface area contributed by atoms with Crippen LogP contribution in [0.1, 0.15) is 25.3 Å². The van der Waals surface area contributed by atoms with Crippen molar-refractivity contribution in [1.82, 2.24) is 0 Å². The van der Waals surface area contributed by atoms with Crippen molar-refractivity contribution in [2.45, 2.75) is 19.8 Å². The highest BCUT2D eigenvalue weighted by Crippen LogP contribution is 2.20. The van der Waals surface area contributed by atoms with Crippen LogP contribution in [0.3, 0.4) is 0 Å². The molecule has 0 heterocycles. The van der Waals surface area contributed by atoms with Crippen molar-refractivity contribution in [1.29, 1.82) is 0 Å². The number of nitrogens with zero attached hydrogens (tertiary/aromatic N) is 1. The molecular weight excluding hydrogens is 210 g/mol. The van der Waals surface area contributed by atoms with Crippen LogP contribution in [0.25, 0.3) is 0 Å². The number of rotatable bonds is 4. The van der Waals surface area contributed by atoms with E-state index in [4.69, 9.17) is 4.74 Å². The lowest BCUT2D eigenvalue weighted by molar-refractivity contribution is -0.384. The van der Waals surface area contributed by atoms with E-state index >= 15 is 0 Å². The average molecular weight is 223 g/mol. The highest BCUT2D eigenvalue weighted by atomic mass is 16.6. The Bertz CT molecular complexity index is 385. The topological polar surface area (TPSA) is 69.4 Å². The molecule has 0 spiro atoms. The molecule has 0 aliphatic rings. The Morgan fingerprint density at radius 1 is 1.44 bits per heavy atom. The molecule has 0 aromatic heterocycles. The minimum absolute atomic E-state index is 0.0137. The van der Waals surface area contributed by atoms with Crippen LogP contribution < -0.4 is 0 Å². The molecule has 5 heteroatoms. The lowest BCUT2D eigenvalue weighted by Crippen LogP contribution is -2.12. The van der Waals surface area contributed by atoms with Gasteiger partial charge in [0.05, 0.1) is 17.4 Å². The number of carbonyl (C=O) groups is 1. The summed E-state index contributed by atoms with van der Waals surface area (Å²) in [7, 11) is 0. The second-order valence-corrected chi connectivity index (χ2v) is 3.32. The van der Waals surface area contributed by atoms with Crippen LogP contribution in [0.4, 0.5) is 5.69 Å². The van der Waals surface area contributed by atoms with Gasteiger partial charge in [-0.2, -0.15) is 0 Å². The lowest BCUT2D eigenvalue weighted by Gasteiger charge is -2.10. The molecule has 1 unspecified atom stereocenters. The Morgan fingerprint density at radius 2 is 2.00 bits per heavy atom. The first-order valence-corrected chi connectivity index (χ1v) is 4.97. The Balaban J connectivity index is 2.81. The van der Waals surface area contributed by atoms with E-state index in [-0.39, 0.29) is 11.7 Å². The zero-order valence-corrected chi connectivity index (χ0v) is 9.17. The third kappa shape index (κ3) is 2.79. The Hall–Kier alpha value is -1.91. The van der Waals surface area contributed by atoms with Gasteiger partial charge in [0.15, 0.2) is 0 Å². The van der Waals surface area contributed by atoms with E-state index in [1.165, 1.54) is 12.1 Å². The number of benzene rings is 1. The van der Waals surface area contributed by atoms with Gasteiger partial charge in [-0.1, -0.05) is 12.1 Å². The van der Waals surface area contributed by atoms with E-state index in [9.17, 15) is 14.9 Å². The fourth-order valence-corrected chi connectivity index (χ4v) is 1.29. The van der Waals surface area contributed by atoms with Crippen molar-refractivity contribution in [2.24, 2.45) is 0 Å². The van der Waals surface area contributed by atoms with Crippen LogP contribution in [-0.4, -0.2) is 17.5 Å². The molecule has 0 aliphatic heterocycles. The maximum absolute atomic E-state index is 11.4. The number of carbonyl (C=O) groups excluding carboxylic acids is 1. The molecule has 5 nitrogen and oxygen atoms in total. The summed E-state index contributed by atoms with van der Waals surface area (Å²) in [6.45, 7) is 3.77. The van der Waals surface area contributed by atoms with Gasteiger partial charge in [-0.3, -0.25) is 14.9 Å². The minimum atomic E-state index is -0.473. The van der Waals surface area contributed by atoms with Crippen molar-refractivity contribution in [3.63, 3.8) is 0 Å². The lowest BCUT2D eigenvalue weighted by atomic mass is 10.0. The number of nitro benzene ring substituents is 1. The summed E-state index contributed by atoms with van der Waals surface area (Å²) in [4.78, 5) is 21.4. The van der Waals surface area contributed by atoms with E-state index in [0.29, 0.717) is 12.2 Å². The SMILES string of the molecule is CCOC(=O)C(C)c1ccc([N+](=O)[O-])cc1. The monoisotopic (exact) mass is 223 g/mol. The summed E-state index contributed by atoms with van der Waals surface area (Å²) in [5, 5.41) is 10.4. The fraction of sp³-hybridized carbons (Fsp3) is 0.364. The van der Waals surface area contributed by atoms with E-state index in [0.717, 1.165) is 0 Å². The molecule has 1 atom stereocenters. The predicted molar refractivity (Wildman–Crippen MR) is 58.1 cm³/mol. The zero-order valence-electron chi connectivity index (χ0n) is 9.17. The van der Waals surface area contributed by atoms with Crippen LogP contribution in [0.2, 0.25) is 0 Å². The summed E-state index contributed by atoms with van der Waals surface area (Å²) < 4.78 is 4.86. The van der Waals surface area contributed by atoms with Crippen LogP contribution >= 0.6 is 0 Å². The zero-order chi connectivity index (χ0) is 12.1. The second-order valence-electron chi connectivity index (χ2n) is 3.32. The first-order chi connectivity index (χ1) is 7.56. The highest BCUT2D eigenvalue weighted by Gasteiger charge is 2.17. The highest BCUT2D eigenvalue weighted by molar-refractivity contribution is 5.77. The van der Waals surface area contributed by atoms with Gasteiger partial charge in [0, 0.05) is 12.1 Å². The second kappa shape index (κ2) is 5.25. The fourth-order valence-electron chi connectivity index (χ4n) is 1.29. The predicted octanol–water partition coefficient (Wildman–Crippen LogP) is 2.26. The van der Waals surface area contributed by atoms with E-state index in [2.05, 4.69) is 0 Å². The summed E-state index contributed by atoms with van der Waals surface area (Å²) in [6, 6.07) is 5.90. The van der Waals surface area contributed by atoms with E-state index in [1.54, 1.807) is 26.0 Å². The van der Waals surface area contributed by atoms with Gasteiger partial charge in [0.25, 0.3) is 5.69 Å². The molecule has 86 valence electrons. The summed E-state index contributed by atoms with van der Waals surface area (Å²) in [6.07, 6.45) is 0. The summed E-state index contributed by atoms with van der Waals surface area (Å²) in [5.74, 6) is -0.725. The minimum Gasteiger partial charge on any atom is -0.466 e. The van der Waals surface area contributed by atoms with Crippen LogP contribution in [-0.2, 0) is 9.53 Å². The summed E-state index contributed by atoms with van der Waals surface area (Å²) >= 11 is 0. The molecule has 0 bridgehead atoms. The van der Waals surface area contributed by atoms with Crippen LogP contribution in [0, 0.1) is 10.1 Å². The molecule has 0 radical (unpaired) electrons. The van der Waals surface area contributed by atoms with E-state index < -0.39 is 10.8 Å². The Morgan fingerprint density at radius 3 is 2.44 bits per heavy atom. The molecule has 0 N–H and O–H groups in total. The van der Waals surface area contributed by atoms with Gasteiger partial charge >= 0.3 is 5.97 Å². The van der Waals surface area contributed by atoms with Gasteiger partial charge in [-0.25, -0.2) is 0 Å². The average Bonchev–Trinajstić information content (AvgIpc) is 2.28. The molecular formula is C11H13NO4. The Kier molecular flexibility index (Phi) is 3.99. The first kappa shape index (κ1) is 12.2. The summed E-state index contributed by atoms with van der Waals surface area (Å²) in [5.41, 5.74) is 0.726. The molecule has 0 fully saturated rings. The number of esters is 1. The quantitative estimate of drug-likeness (QED) is 0.446. The van der Waals surface area contributed by atoms with Gasteiger partial charge in [0.1, 0.15) is 0 Å². The van der Waals surface area contributed by atoms with Crippen molar-refractivity contribution in [3.05, 3.63) is 39.9 Å². The van der Waals surface area contributed by atoms with Gasteiger partial charge in [0.2, 0.25) is 0 Å². The number of ether oxygens (including phenoxy) is 1. The largest absolute Gasteiger partial charge is 0.466 e. The van der Waals surface area contributed by atoms with Crippen molar-refractivity contribution in [2.75, 3.05) is 6.61 Å². The smallest absolute Gasteiger partial charge is 0.313 e. The molecule has 0 amide bonds.